The first-order valence-corrected chi connectivity index (χ1v) is 29.6. The lowest BCUT2D eigenvalue weighted by atomic mass is 9.89. The molecule has 10 atom stereocenters. The molecule has 81 heavy (non-hydrogen) atoms. The molecule has 4 fully saturated rings. The third-order valence-corrected chi connectivity index (χ3v) is 17.5. The molecule has 4 heterocycles. The molecular weight excluding hydrogens is 1040 g/mol. The largest absolute Gasteiger partial charge is 0.379 e. The van der Waals surface area contributed by atoms with Crippen LogP contribution in [0.3, 0.4) is 0 Å². The molecule has 0 radical (unpaired) electrons. The van der Waals surface area contributed by atoms with Crippen LogP contribution < -0.4 is 10.6 Å². The average Bonchev–Trinajstić information content (AvgIpc) is 3.71. The Morgan fingerprint density at radius 2 is 1.40 bits per heavy atom. The Bertz CT molecular complexity index is 2370. The van der Waals surface area contributed by atoms with Gasteiger partial charge in [-0.1, -0.05) is 85.2 Å². The van der Waals surface area contributed by atoms with E-state index < -0.39 is 47.8 Å². The van der Waals surface area contributed by atoms with Gasteiger partial charge in [0.05, 0.1) is 49.3 Å². The maximum Gasteiger partial charge on any atom is 0.272 e. The predicted octanol–water partition coefficient (Wildman–Crippen LogP) is 3.76. The molecule has 1 aromatic carbocycles. The van der Waals surface area contributed by atoms with Crippen molar-refractivity contribution in [1.82, 2.24) is 45.1 Å². The number of carbonyl (C=O) groups is 9. The number of ether oxygens (including phenoxy) is 2. The predicted molar refractivity (Wildman–Crippen MR) is 303 cm³/mol. The third-order valence-electron chi connectivity index (χ3n) is 17.5. The van der Waals surface area contributed by atoms with Gasteiger partial charge in [-0.15, -0.1) is 0 Å². The van der Waals surface area contributed by atoms with Crippen molar-refractivity contribution < 1.29 is 57.5 Å². The number of hydrogen-bond donors (Lipinski definition) is 2. The molecule has 1 aliphatic carbocycles. The maximum absolute atomic E-state index is 14.8. The van der Waals surface area contributed by atoms with E-state index in [4.69, 9.17) is 14.3 Å². The third kappa shape index (κ3) is 15.7. The van der Waals surface area contributed by atoms with E-state index in [-0.39, 0.29) is 103 Å². The number of likely N-dealkylation sites (tertiary alicyclic amines) is 1. The minimum absolute atomic E-state index is 0.0349. The highest BCUT2D eigenvalue weighted by atomic mass is 16.7. The van der Waals surface area contributed by atoms with Gasteiger partial charge in [0.1, 0.15) is 11.6 Å². The molecule has 3 saturated heterocycles. The Kier molecular flexibility index (Phi) is 23.4. The number of carbonyl (C=O) groups excluding carboxylic acids is 9. The van der Waals surface area contributed by atoms with E-state index in [2.05, 4.69) is 10.6 Å². The van der Waals surface area contributed by atoms with Crippen LogP contribution in [-0.2, 0) is 57.5 Å². The fourth-order valence-corrected chi connectivity index (χ4v) is 12.6. The normalized spacial score (nSPS) is 22.9. The summed E-state index contributed by atoms with van der Waals surface area (Å²) < 4.78 is 12.2. The van der Waals surface area contributed by atoms with Crippen LogP contribution in [0.25, 0.3) is 0 Å². The highest BCUT2D eigenvalue weighted by Gasteiger charge is 2.64. The van der Waals surface area contributed by atoms with Crippen LogP contribution in [0.2, 0.25) is 0 Å². The lowest BCUT2D eigenvalue weighted by Gasteiger charge is -2.41. The fourth-order valence-electron chi connectivity index (χ4n) is 12.6. The molecule has 9 amide bonds. The SMILES string of the molecule is CC[C@H](C)[C@@H]([C@@H](CC(=O)N1CCC[C@H]1[C@H](OC)[C@@H](C)C(=O)N[C@@]1(C(=O)N2CCCCO2)C[C@@H]1c1ccccc1)OC)N(C)C(=O)[C@@H](NC(=O)[C@H](C(C)C)N(C)CCCC(=O)N1CCN(C(=O)CCCN2C(=O)C=CC2=O)CC1)C(C)C. The van der Waals surface area contributed by atoms with Crippen LogP contribution in [-0.4, -0.2) is 217 Å². The van der Waals surface area contributed by atoms with E-state index >= 15 is 0 Å². The second kappa shape index (κ2) is 29.5. The first-order valence-electron chi connectivity index (χ1n) is 29.6. The Morgan fingerprint density at radius 1 is 0.765 bits per heavy atom. The molecule has 5 aliphatic rings. The van der Waals surface area contributed by atoms with E-state index in [1.54, 1.807) is 47.8 Å². The van der Waals surface area contributed by atoms with Crippen molar-refractivity contribution in [2.45, 2.75) is 167 Å². The van der Waals surface area contributed by atoms with Crippen molar-refractivity contribution in [3.05, 3.63) is 48.0 Å². The number of nitrogens with one attached hydrogen (secondary N) is 2. The first kappa shape index (κ1) is 64.4. The van der Waals surface area contributed by atoms with Crippen molar-refractivity contribution in [2.75, 3.05) is 87.3 Å². The number of amides is 9. The molecule has 2 N–H and O–H groups in total. The lowest BCUT2D eigenvalue weighted by Crippen LogP contribution is -2.60. The number of imide groups is 1. The second-order valence-electron chi connectivity index (χ2n) is 23.7. The van der Waals surface area contributed by atoms with Crippen LogP contribution in [0.15, 0.2) is 42.5 Å². The standard InChI is InChI=1S/C60H93N9O12/c1-12-41(6)54(46(79-10)37-51(74)67-29-18-23-45(67)55(80-11)42(7)56(75)62-60(59(78)69-31-16-17-36-81-69)38-44(60)43-21-14-13-15-22-43)64(9)58(77)52(39(2)3)61-57(76)53(40(4)5)63(8)28-19-24-47(70)65-32-34-66(35-33-65)48(71)25-20-30-68-49(72)26-27-50(68)73/h13-15,21-22,26-27,39-42,44-46,52-55H,12,16-20,23-25,28-38H2,1-11H3,(H,61,76)(H,62,75)/t41-,42+,44+,45-,46+,52-,53-,54-,55+,60-/m0/s1. The zero-order valence-corrected chi connectivity index (χ0v) is 50.1. The van der Waals surface area contributed by atoms with Gasteiger partial charge in [-0.3, -0.25) is 57.8 Å². The lowest BCUT2D eigenvalue weighted by molar-refractivity contribution is -0.200. The van der Waals surface area contributed by atoms with Crippen LogP contribution in [0.5, 0.6) is 0 Å². The number of rotatable bonds is 28. The van der Waals surface area contributed by atoms with Gasteiger partial charge in [0.15, 0.2) is 0 Å². The minimum atomic E-state index is -1.17. The Labute approximate surface area is 480 Å². The Morgan fingerprint density at radius 3 is 1.95 bits per heavy atom. The topological polar surface area (TPSA) is 228 Å². The van der Waals surface area contributed by atoms with E-state index in [1.165, 1.54) is 17.2 Å². The highest BCUT2D eigenvalue weighted by Crippen LogP contribution is 2.53. The van der Waals surface area contributed by atoms with Crippen LogP contribution in [0, 0.1) is 23.7 Å². The molecule has 0 aromatic heterocycles. The van der Waals surface area contributed by atoms with Crippen LogP contribution >= 0.6 is 0 Å². The van der Waals surface area contributed by atoms with Gasteiger partial charge in [-0.2, -0.15) is 0 Å². The molecule has 21 nitrogen and oxygen atoms in total. The number of nitrogens with zero attached hydrogens (tertiary/aromatic N) is 7. The summed E-state index contributed by atoms with van der Waals surface area (Å²) >= 11 is 0. The first-order chi connectivity index (χ1) is 38.6. The van der Waals surface area contributed by atoms with Crippen molar-refractivity contribution in [1.29, 1.82) is 0 Å². The van der Waals surface area contributed by atoms with Crippen LogP contribution in [0.4, 0.5) is 0 Å². The van der Waals surface area contributed by atoms with Crippen LogP contribution in [0.1, 0.15) is 131 Å². The average molecular weight is 1130 g/mol. The summed E-state index contributed by atoms with van der Waals surface area (Å²) in [4.78, 5) is 138. The molecule has 450 valence electrons. The second-order valence-corrected chi connectivity index (χ2v) is 23.7. The maximum atomic E-state index is 14.8. The summed E-state index contributed by atoms with van der Waals surface area (Å²) in [6.45, 7) is 17.0. The van der Waals surface area contributed by atoms with Gasteiger partial charge in [0.25, 0.3) is 17.7 Å². The smallest absolute Gasteiger partial charge is 0.272 e. The monoisotopic (exact) mass is 1130 g/mol. The van der Waals surface area contributed by atoms with Gasteiger partial charge in [0, 0.05) is 98.0 Å². The Balaban J connectivity index is 1.03. The number of hydroxylamine groups is 2. The molecule has 0 bridgehead atoms. The molecule has 0 unspecified atom stereocenters. The summed E-state index contributed by atoms with van der Waals surface area (Å²) in [5.74, 6) is -3.80. The van der Waals surface area contributed by atoms with E-state index in [0.29, 0.717) is 90.9 Å². The number of methoxy groups -OCH3 is 2. The highest BCUT2D eigenvalue weighted by molar-refractivity contribution is 6.12. The quantitative estimate of drug-likeness (QED) is 0.114. The molecule has 21 heteroatoms. The van der Waals surface area contributed by atoms with Crippen molar-refractivity contribution in [2.24, 2.45) is 23.7 Å². The molecule has 1 saturated carbocycles. The molecular formula is C60H93N9O12. The van der Waals surface area contributed by atoms with Crippen molar-refractivity contribution >= 4 is 53.2 Å². The molecule has 0 spiro atoms. The van der Waals surface area contributed by atoms with Crippen molar-refractivity contribution in [3.8, 4) is 0 Å². The molecule has 1 aromatic rings. The molecule has 4 aliphatic heterocycles. The van der Waals surface area contributed by atoms with E-state index in [9.17, 15) is 43.2 Å². The summed E-state index contributed by atoms with van der Waals surface area (Å²) in [5, 5.41) is 7.66. The van der Waals surface area contributed by atoms with E-state index in [1.807, 2.05) is 83.8 Å². The summed E-state index contributed by atoms with van der Waals surface area (Å²) in [6.07, 6.45) is 6.37. The number of likely N-dealkylation sites (N-methyl/N-ethyl adjacent to an activating group) is 2. The minimum Gasteiger partial charge on any atom is -0.379 e. The van der Waals surface area contributed by atoms with E-state index in [0.717, 1.165) is 23.3 Å². The number of piperazine rings is 1. The zero-order chi connectivity index (χ0) is 59.3. The summed E-state index contributed by atoms with van der Waals surface area (Å²) in [7, 11) is 6.64. The summed E-state index contributed by atoms with van der Waals surface area (Å²) in [5.41, 5.74) is -0.213. The van der Waals surface area contributed by atoms with Gasteiger partial charge in [-0.25, -0.2) is 5.06 Å². The Hall–Kier alpha value is -5.77. The van der Waals surface area contributed by atoms with Gasteiger partial charge in [0.2, 0.25) is 35.4 Å². The van der Waals surface area contributed by atoms with Crippen molar-refractivity contribution in [3.63, 3.8) is 0 Å². The zero-order valence-electron chi connectivity index (χ0n) is 50.1. The fraction of sp³-hybridized carbons (Fsp3) is 0.717. The van der Waals surface area contributed by atoms with Gasteiger partial charge < -0.3 is 39.7 Å². The number of benzene rings is 1. The molecule has 6 rings (SSSR count). The van der Waals surface area contributed by atoms with Gasteiger partial charge in [-0.05, 0) is 81.9 Å². The summed E-state index contributed by atoms with van der Waals surface area (Å²) in [6, 6.07) is 7.18. The number of hydrogen-bond acceptors (Lipinski definition) is 13. The van der Waals surface area contributed by atoms with Gasteiger partial charge >= 0.3 is 0 Å².